The molecule has 2 rings (SSSR count). The molecule has 112 valence electrons. The standard InChI is InChI=1S/C16H16Cl3NS/c1-2-12(20)7-10-3-5-13(9-15(10)19)21-16-8-11(17)4-6-14(16)18/h3-6,8-9,12H,2,7,20H2,1H3. The summed E-state index contributed by atoms with van der Waals surface area (Å²) >= 11 is 20.1. The molecule has 0 aliphatic carbocycles. The van der Waals surface area contributed by atoms with Crippen LogP contribution in [0.15, 0.2) is 46.2 Å². The predicted octanol–water partition coefficient (Wildman–Crippen LogP) is 6.08. The molecule has 0 aliphatic rings. The highest BCUT2D eigenvalue weighted by Crippen LogP contribution is 2.36. The van der Waals surface area contributed by atoms with Crippen LogP contribution in [0.2, 0.25) is 15.1 Å². The zero-order valence-electron chi connectivity index (χ0n) is 11.6. The lowest BCUT2D eigenvalue weighted by Crippen LogP contribution is -2.21. The van der Waals surface area contributed by atoms with Gasteiger partial charge in [-0.05, 0) is 48.7 Å². The van der Waals surface area contributed by atoms with Gasteiger partial charge in [0.1, 0.15) is 0 Å². The van der Waals surface area contributed by atoms with E-state index in [4.69, 9.17) is 40.5 Å². The number of nitrogens with two attached hydrogens (primary N) is 1. The van der Waals surface area contributed by atoms with Gasteiger partial charge in [-0.25, -0.2) is 0 Å². The normalized spacial score (nSPS) is 12.4. The average Bonchev–Trinajstić information content (AvgIpc) is 2.45. The van der Waals surface area contributed by atoms with Crippen LogP contribution >= 0.6 is 46.6 Å². The van der Waals surface area contributed by atoms with Gasteiger partial charge in [-0.1, -0.05) is 59.6 Å². The summed E-state index contributed by atoms with van der Waals surface area (Å²) in [5.41, 5.74) is 7.05. The minimum Gasteiger partial charge on any atom is -0.327 e. The molecule has 0 saturated carbocycles. The minimum atomic E-state index is 0.142. The number of halogens is 3. The van der Waals surface area contributed by atoms with Gasteiger partial charge in [-0.3, -0.25) is 0 Å². The highest BCUT2D eigenvalue weighted by molar-refractivity contribution is 7.99. The van der Waals surface area contributed by atoms with Gasteiger partial charge < -0.3 is 5.73 Å². The Balaban J connectivity index is 2.18. The molecule has 0 saturated heterocycles. The van der Waals surface area contributed by atoms with Crippen LogP contribution in [0.25, 0.3) is 0 Å². The first-order valence-corrected chi connectivity index (χ1v) is 8.61. The highest BCUT2D eigenvalue weighted by atomic mass is 35.5. The Bertz CT molecular complexity index is 631. The third-order valence-corrected chi connectivity index (χ3v) is 5.23. The van der Waals surface area contributed by atoms with Crippen LogP contribution in [0.3, 0.4) is 0 Å². The van der Waals surface area contributed by atoms with Gasteiger partial charge >= 0.3 is 0 Å². The fraction of sp³-hybridized carbons (Fsp3) is 0.250. The van der Waals surface area contributed by atoms with E-state index in [0.717, 1.165) is 33.2 Å². The monoisotopic (exact) mass is 359 g/mol. The second-order valence-electron chi connectivity index (χ2n) is 4.80. The molecule has 1 nitrogen and oxygen atoms in total. The lowest BCUT2D eigenvalue weighted by Gasteiger charge is -2.12. The second-order valence-corrected chi connectivity index (χ2v) is 7.17. The van der Waals surface area contributed by atoms with Gasteiger partial charge in [0, 0.05) is 25.9 Å². The van der Waals surface area contributed by atoms with Crippen molar-refractivity contribution in [2.45, 2.75) is 35.6 Å². The first-order valence-electron chi connectivity index (χ1n) is 6.66. The molecule has 0 amide bonds. The summed E-state index contributed by atoms with van der Waals surface area (Å²) in [5.74, 6) is 0. The van der Waals surface area contributed by atoms with Crippen molar-refractivity contribution in [2.24, 2.45) is 5.73 Å². The first-order chi connectivity index (χ1) is 9.99. The second kappa shape index (κ2) is 7.75. The molecule has 2 aromatic carbocycles. The van der Waals surface area contributed by atoms with Crippen molar-refractivity contribution in [3.8, 4) is 0 Å². The smallest absolute Gasteiger partial charge is 0.0546 e. The lowest BCUT2D eigenvalue weighted by atomic mass is 10.1. The molecule has 1 unspecified atom stereocenters. The fourth-order valence-electron chi connectivity index (χ4n) is 1.87. The maximum Gasteiger partial charge on any atom is 0.0546 e. The molecule has 21 heavy (non-hydrogen) atoms. The van der Waals surface area contributed by atoms with Gasteiger partial charge in [0.05, 0.1) is 5.02 Å². The first kappa shape index (κ1) is 17.0. The van der Waals surface area contributed by atoms with Gasteiger partial charge in [0.2, 0.25) is 0 Å². The molecule has 2 N–H and O–H groups in total. The molecular formula is C16H16Cl3NS. The number of hydrogen-bond acceptors (Lipinski definition) is 2. The minimum absolute atomic E-state index is 0.142. The molecule has 0 aliphatic heterocycles. The Labute approximate surface area is 144 Å². The summed E-state index contributed by atoms with van der Waals surface area (Å²) in [7, 11) is 0. The van der Waals surface area contributed by atoms with E-state index in [-0.39, 0.29) is 6.04 Å². The van der Waals surface area contributed by atoms with Crippen LogP contribution < -0.4 is 5.73 Å². The van der Waals surface area contributed by atoms with Crippen molar-refractivity contribution >= 4 is 46.6 Å². The molecule has 0 spiro atoms. The zero-order valence-corrected chi connectivity index (χ0v) is 14.7. The van der Waals surface area contributed by atoms with Gasteiger partial charge in [-0.15, -0.1) is 0 Å². The Morgan fingerprint density at radius 1 is 1.05 bits per heavy atom. The number of benzene rings is 2. The Morgan fingerprint density at radius 3 is 2.48 bits per heavy atom. The van der Waals surface area contributed by atoms with E-state index in [1.54, 1.807) is 23.9 Å². The van der Waals surface area contributed by atoms with Crippen LogP contribution in [-0.4, -0.2) is 6.04 Å². The van der Waals surface area contributed by atoms with Gasteiger partial charge in [0.15, 0.2) is 0 Å². The SMILES string of the molecule is CCC(N)Cc1ccc(Sc2cc(Cl)ccc2Cl)cc1Cl. The van der Waals surface area contributed by atoms with Crippen molar-refractivity contribution in [1.29, 1.82) is 0 Å². The van der Waals surface area contributed by atoms with E-state index in [1.807, 2.05) is 24.3 Å². The van der Waals surface area contributed by atoms with Crippen molar-refractivity contribution < 1.29 is 0 Å². The molecule has 5 heteroatoms. The van der Waals surface area contributed by atoms with E-state index in [1.165, 1.54) is 0 Å². The molecule has 2 aromatic rings. The van der Waals surface area contributed by atoms with E-state index in [2.05, 4.69) is 6.92 Å². The molecule has 0 fully saturated rings. The maximum atomic E-state index is 6.34. The van der Waals surface area contributed by atoms with Crippen molar-refractivity contribution in [2.75, 3.05) is 0 Å². The maximum absolute atomic E-state index is 6.34. The number of rotatable bonds is 5. The largest absolute Gasteiger partial charge is 0.327 e. The predicted molar refractivity (Wildman–Crippen MR) is 94.0 cm³/mol. The molecule has 0 bridgehead atoms. The van der Waals surface area contributed by atoms with E-state index < -0.39 is 0 Å². The summed E-state index contributed by atoms with van der Waals surface area (Å²) in [4.78, 5) is 1.94. The van der Waals surface area contributed by atoms with E-state index >= 15 is 0 Å². The van der Waals surface area contributed by atoms with Crippen molar-refractivity contribution in [3.05, 3.63) is 57.0 Å². The third-order valence-electron chi connectivity index (χ3n) is 3.15. The van der Waals surface area contributed by atoms with Crippen molar-refractivity contribution in [1.82, 2.24) is 0 Å². The quantitative estimate of drug-likeness (QED) is 0.699. The van der Waals surface area contributed by atoms with Gasteiger partial charge in [-0.2, -0.15) is 0 Å². The third kappa shape index (κ3) is 4.80. The van der Waals surface area contributed by atoms with Crippen LogP contribution in [0.4, 0.5) is 0 Å². The number of hydrogen-bond donors (Lipinski definition) is 1. The Kier molecular flexibility index (Phi) is 6.27. The van der Waals surface area contributed by atoms with Crippen LogP contribution in [0, 0.1) is 0 Å². The van der Waals surface area contributed by atoms with E-state index in [9.17, 15) is 0 Å². The molecule has 1 atom stereocenters. The molecule has 0 heterocycles. The highest BCUT2D eigenvalue weighted by Gasteiger charge is 2.09. The van der Waals surface area contributed by atoms with Gasteiger partial charge in [0.25, 0.3) is 0 Å². The Morgan fingerprint density at radius 2 is 1.81 bits per heavy atom. The molecular weight excluding hydrogens is 345 g/mol. The summed E-state index contributed by atoms with van der Waals surface area (Å²) in [6, 6.07) is 11.6. The summed E-state index contributed by atoms with van der Waals surface area (Å²) < 4.78 is 0. The summed E-state index contributed by atoms with van der Waals surface area (Å²) in [6.45, 7) is 2.07. The van der Waals surface area contributed by atoms with Crippen LogP contribution in [-0.2, 0) is 6.42 Å². The summed E-state index contributed by atoms with van der Waals surface area (Å²) in [5, 5.41) is 2.08. The Hall–Kier alpha value is -0.380. The van der Waals surface area contributed by atoms with E-state index in [0.29, 0.717) is 10.0 Å². The summed E-state index contributed by atoms with van der Waals surface area (Å²) in [6.07, 6.45) is 1.73. The fourth-order valence-corrected chi connectivity index (χ4v) is 3.58. The molecule has 0 radical (unpaired) electrons. The van der Waals surface area contributed by atoms with Crippen LogP contribution in [0.5, 0.6) is 0 Å². The topological polar surface area (TPSA) is 26.0 Å². The zero-order chi connectivity index (χ0) is 15.4. The molecule has 0 aromatic heterocycles. The lowest BCUT2D eigenvalue weighted by molar-refractivity contribution is 0.646. The van der Waals surface area contributed by atoms with Crippen LogP contribution in [0.1, 0.15) is 18.9 Å². The average molecular weight is 361 g/mol. The van der Waals surface area contributed by atoms with Crippen molar-refractivity contribution in [3.63, 3.8) is 0 Å².